The molecule has 10 heteroatoms. The molecular weight excluding hydrogens is 354 g/mol. The van der Waals surface area contributed by atoms with Crippen molar-refractivity contribution in [3.05, 3.63) is 17.5 Å². The van der Waals surface area contributed by atoms with E-state index < -0.39 is 18.0 Å². The topological polar surface area (TPSA) is 115 Å². The largest absolute Gasteiger partial charge is 0.451 e. The minimum Gasteiger partial charge on any atom is -0.451 e. The predicted octanol–water partition coefficient (Wildman–Crippen LogP) is 0.776. The van der Waals surface area contributed by atoms with Crippen LogP contribution in [0.3, 0.4) is 0 Å². The Morgan fingerprint density at radius 3 is 2.67 bits per heavy atom. The number of carbonyl (C=O) groups excluding carboxylic acids is 3. The van der Waals surface area contributed by atoms with Crippen molar-refractivity contribution in [1.29, 1.82) is 0 Å². The summed E-state index contributed by atoms with van der Waals surface area (Å²) in [6, 6.07) is 0. The van der Waals surface area contributed by atoms with E-state index in [1.54, 1.807) is 6.92 Å². The minimum atomic E-state index is -0.921. The molecule has 0 aromatic carbocycles. The number of aliphatic imine (C=N–C) groups is 1. The van der Waals surface area contributed by atoms with Gasteiger partial charge in [0.05, 0.1) is 18.4 Å². The van der Waals surface area contributed by atoms with E-state index >= 15 is 0 Å². The number of rotatable bonds is 4. The lowest BCUT2D eigenvalue weighted by atomic mass is 9.97. The average molecular weight is 383 g/mol. The zero-order chi connectivity index (χ0) is 20.6. The maximum absolute atomic E-state index is 11.3. The van der Waals surface area contributed by atoms with Gasteiger partial charge in [0.15, 0.2) is 6.10 Å². The molecule has 0 saturated heterocycles. The van der Waals surface area contributed by atoms with Crippen LogP contribution in [0.25, 0.3) is 0 Å². The van der Waals surface area contributed by atoms with E-state index in [9.17, 15) is 14.4 Å². The van der Waals surface area contributed by atoms with Gasteiger partial charge in [-0.1, -0.05) is 6.92 Å². The Kier molecular flexibility index (Phi) is 8.43. The van der Waals surface area contributed by atoms with Crippen molar-refractivity contribution in [2.45, 2.75) is 46.3 Å². The molecule has 152 valence electrons. The molecular formula is C17H29N5O5. The summed E-state index contributed by atoms with van der Waals surface area (Å²) in [5.74, 6) is -0.677. The summed E-state index contributed by atoms with van der Waals surface area (Å²) in [5.41, 5.74) is 4.60. The molecule has 2 rings (SSSR count). The van der Waals surface area contributed by atoms with Gasteiger partial charge in [-0.15, -0.1) is 0 Å². The van der Waals surface area contributed by atoms with E-state index in [-0.39, 0.29) is 7.33 Å². The van der Waals surface area contributed by atoms with Crippen LogP contribution in [0.5, 0.6) is 0 Å². The zero-order valence-corrected chi connectivity index (χ0v) is 16.6. The van der Waals surface area contributed by atoms with Crippen LogP contribution >= 0.6 is 0 Å². The molecule has 1 aliphatic rings. The van der Waals surface area contributed by atoms with Crippen LogP contribution in [0.2, 0.25) is 0 Å². The summed E-state index contributed by atoms with van der Waals surface area (Å²) in [6.07, 6.45) is 2.19. The second kappa shape index (κ2) is 10.3. The molecule has 1 aromatic heterocycles. The lowest BCUT2D eigenvalue weighted by molar-refractivity contribution is -0.168. The van der Waals surface area contributed by atoms with Crippen molar-refractivity contribution in [3.63, 3.8) is 0 Å². The van der Waals surface area contributed by atoms with Gasteiger partial charge >= 0.3 is 11.9 Å². The highest BCUT2D eigenvalue weighted by Gasteiger charge is 2.26. The molecule has 1 amide bonds. The molecule has 0 aliphatic carbocycles. The van der Waals surface area contributed by atoms with Gasteiger partial charge in [0.2, 0.25) is 5.91 Å². The normalized spacial score (nSPS) is 16.7. The van der Waals surface area contributed by atoms with Gasteiger partial charge in [0, 0.05) is 41.8 Å². The number of esters is 1. The average Bonchev–Trinajstić information content (AvgIpc) is 2.96. The molecule has 0 saturated carbocycles. The number of hydrogen-bond donors (Lipinski definition) is 1. The molecule has 1 unspecified atom stereocenters. The Morgan fingerprint density at radius 2 is 2.11 bits per heavy atom. The summed E-state index contributed by atoms with van der Waals surface area (Å²) < 4.78 is 6.41. The number of carbonyl (C=O) groups is 3. The van der Waals surface area contributed by atoms with E-state index in [1.165, 1.54) is 38.5 Å². The Labute approximate surface area is 160 Å². The first-order valence-electron chi connectivity index (χ1n) is 8.47. The Morgan fingerprint density at radius 1 is 1.44 bits per heavy atom. The van der Waals surface area contributed by atoms with Gasteiger partial charge in [-0.3, -0.25) is 19.3 Å². The molecule has 1 aromatic rings. The third kappa shape index (κ3) is 6.72. The van der Waals surface area contributed by atoms with Gasteiger partial charge in [-0.25, -0.2) is 10.3 Å². The van der Waals surface area contributed by atoms with E-state index in [1.807, 2.05) is 22.8 Å². The van der Waals surface area contributed by atoms with Crippen LogP contribution in [0, 0.1) is 0 Å². The zero-order valence-electron chi connectivity index (χ0n) is 16.6. The molecule has 1 N–H and O–H groups in total. The molecule has 10 nitrogen and oxygen atoms in total. The summed E-state index contributed by atoms with van der Waals surface area (Å²) in [5, 5.41) is 4.22. The van der Waals surface area contributed by atoms with Crippen LogP contribution in [0.15, 0.2) is 11.2 Å². The maximum atomic E-state index is 11.3. The molecule has 27 heavy (non-hydrogen) atoms. The molecule has 2 heterocycles. The van der Waals surface area contributed by atoms with Crippen molar-refractivity contribution < 1.29 is 25.4 Å². The van der Waals surface area contributed by atoms with Crippen LogP contribution in [-0.4, -0.2) is 58.6 Å². The number of ether oxygens (including phenoxy) is 1. The van der Waals surface area contributed by atoms with E-state index in [4.69, 9.17) is 0 Å². The Balaban J connectivity index is 0.000000505. The number of aryl methyl sites for hydroxylation is 1. The van der Waals surface area contributed by atoms with E-state index in [0.717, 1.165) is 6.54 Å². The summed E-state index contributed by atoms with van der Waals surface area (Å²) >= 11 is 0. The molecule has 2 atom stereocenters. The smallest absolute Gasteiger partial charge is 0.372 e. The van der Waals surface area contributed by atoms with Crippen LogP contribution in [0.4, 0.5) is 0 Å². The first-order chi connectivity index (χ1) is 12.7. The second-order valence-corrected chi connectivity index (χ2v) is 6.15. The summed E-state index contributed by atoms with van der Waals surface area (Å²) in [6.45, 7) is 7.89. The number of hydrogen-bond acceptors (Lipinski definition) is 7. The molecule has 0 spiro atoms. The standard InChI is InChI=1S/C10H15N3O.C7H12N2O4.H2/c1-7-5-13(8(2)14)6-10-9(7)4-11-12(10)3;1-5(12-6(2)10)7(11)13-9-4-8-3;/h4,7H,5-6H2,1-3H3;4-5H,1-3H3,(H,8,9);1H/t7-;;/m0../s1. The molecule has 0 fully saturated rings. The summed E-state index contributed by atoms with van der Waals surface area (Å²) in [7, 11) is 3.44. The monoisotopic (exact) mass is 383 g/mol. The van der Waals surface area contributed by atoms with Crippen molar-refractivity contribution in [2.75, 3.05) is 13.6 Å². The molecule has 1 aliphatic heterocycles. The number of hydroxylamine groups is 1. The number of amides is 1. The number of nitrogens with zero attached hydrogens (tertiary/aromatic N) is 4. The predicted molar refractivity (Wildman–Crippen MR) is 99.7 cm³/mol. The minimum absolute atomic E-state index is 0. The second-order valence-electron chi connectivity index (χ2n) is 6.15. The van der Waals surface area contributed by atoms with Gasteiger partial charge in [-0.05, 0) is 12.5 Å². The number of aromatic nitrogens is 2. The number of fused-ring (bicyclic) bond motifs is 1. The highest BCUT2D eigenvalue weighted by Crippen LogP contribution is 2.27. The molecule has 0 bridgehead atoms. The fraction of sp³-hybridized carbons (Fsp3) is 0.588. The first kappa shape index (κ1) is 22.1. The van der Waals surface area contributed by atoms with Crippen molar-refractivity contribution >= 4 is 24.2 Å². The fourth-order valence-electron chi connectivity index (χ4n) is 2.52. The highest BCUT2D eigenvalue weighted by atomic mass is 16.7. The third-order valence-corrected chi connectivity index (χ3v) is 3.92. The fourth-order valence-corrected chi connectivity index (χ4v) is 2.52. The lowest BCUT2D eigenvalue weighted by Gasteiger charge is -2.30. The van der Waals surface area contributed by atoms with Crippen molar-refractivity contribution in [2.24, 2.45) is 12.0 Å². The van der Waals surface area contributed by atoms with Gasteiger partial charge < -0.3 is 14.5 Å². The Hall–Kier alpha value is -2.91. The lowest BCUT2D eigenvalue weighted by Crippen LogP contribution is -2.36. The number of nitrogens with one attached hydrogen (secondary N) is 1. The van der Waals surface area contributed by atoms with Crippen molar-refractivity contribution in [3.8, 4) is 0 Å². The van der Waals surface area contributed by atoms with E-state index in [2.05, 4.69) is 32.1 Å². The SMILES string of the molecule is CC(=O)N1Cc2c(cnn2C)[C@@H](C)C1.CN=CNOC(=O)C(C)OC(C)=O.[HH]. The van der Waals surface area contributed by atoms with Gasteiger partial charge in [0.1, 0.15) is 6.34 Å². The van der Waals surface area contributed by atoms with Gasteiger partial charge in [-0.2, -0.15) is 5.10 Å². The van der Waals surface area contributed by atoms with E-state index in [0.29, 0.717) is 12.5 Å². The maximum Gasteiger partial charge on any atom is 0.372 e. The van der Waals surface area contributed by atoms with Crippen LogP contribution in [0.1, 0.15) is 46.3 Å². The first-order valence-corrected chi connectivity index (χ1v) is 8.47. The summed E-state index contributed by atoms with van der Waals surface area (Å²) in [4.78, 5) is 42.4. The Bertz CT molecular complexity index is 706. The molecule has 0 radical (unpaired) electrons. The van der Waals surface area contributed by atoms with Crippen LogP contribution < -0.4 is 5.48 Å². The highest BCUT2D eigenvalue weighted by molar-refractivity contribution is 5.78. The third-order valence-electron chi connectivity index (χ3n) is 3.92. The quantitative estimate of drug-likeness (QED) is 0.353. The van der Waals surface area contributed by atoms with Crippen LogP contribution in [-0.2, 0) is 37.6 Å². The van der Waals surface area contributed by atoms with Crippen molar-refractivity contribution in [1.82, 2.24) is 20.2 Å². The van der Waals surface area contributed by atoms with Gasteiger partial charge in [0.25, 0.3) is 0 Å².